The lowest BCUT2D eigenvalue weighted by atomic mass is 10.2. The topological polar surface area (TPSA) is 79.7 Å². The molecule has 1 fully saturated rings. The number of nitrogens with one attached hydrogen (secondary N) is 1. The van der Waals surface area contributed by atoms with Crippen molar-refractivity contribution in [3.05, 3.63) is 41.7 Å². The van der Waals surface area contributed by atoms with Gasteiger partial charge in [-0.15, -0.1) is 0 Å². The Morgan fingerprint density at radius 2 is 1.79 bits per heavy atom. The molecule has 1 aliphatic heterocycles. The summed E-state index contributed by atoms with van der Waals surface area (Å²) < 4.78 is 6.47. The number of amides is 1. The van der Waals surface area contributed by atoms with Crippen LogP contribution in [0.4, 0.5) is 11.4 Å². The van der Waals surface area contributed by atoms with Crippen molar-refractivity contribution in [2.45, 2.75) is 26.8 Å². The number of carbonyl (C=O) groups is 2. The van der Waals surface area contributed by atoms with Crippen LogP contribution in [-0.4, -0.2) is 66.4 Å². The molecule has 3 rings (SSSR count). The van der Waals surface area contributed by atoms with Gasteiger partial charge in [-0.05, 0) is 51.1 Å². The number of anilines is 2. The Morgan fingerprint density at radius 3 is 2.34 bits per heavy atom. The van der Waals surface area contributed by atoms with E-state index in [1.807, 2.05) is 51.1 Å². The van der Waals surface area contributed by atoms with Crippen molar-refractivity contribution in [2.24, 2.45) is 0 Å². The number of aryl methyl sites for hydroxylation is 2. The maximum absolute atomic E-state index is 12.6. The van der Waals surface area contributed by atoms with E-state index in [0.717, 1.165) is 48.9 Å². The smallest absolute Gasteiger partial charge is 0.319 e. The number of methoxy groups -OCH3 is 1. The van der Waals surface area contributed by atoms with Crippen LogP contribution < -0.4 is 10.2 Å². The Balaban J connectivity index is 1.54. The molecule has 8 nitrogen and oxygen atoms in total. The molecule has 29 heavy (non-hydrogen) atoms. The van der Waals surface area contributed by atoms with Crippen molar-refractivity contribution in [1.82, 2.24) is 14.7 Å². The van der Waals surface area contributed by atoms with Crippen molar-refractivity contribution in [2.75, 3.05) is 50.1 Å². The zero-order valence-corrected chi connectivity index (χ0v) is 17.5. The molecule has 0 spiro atoms. The summed E-state index contributed by atoms with van der Waals surface area (Å²) >= 11 is 0. The zero-order chi connectivity index (χ0) is 21.0. The van der Waals surface area contributed by atoms with Crippen LogP contribution in [-0.2, 0) is 14.3 Å². The van der Waals surface area contributed by atoms with Gasteiger partial charge in [0.1, 0.15) is 6.04 Å². The quantitative estimate of drug-likeness (QED) is 0.749. The first-order chi connectivity index (χ1) is 13.9. The van der Waals surface area contributed by atoms with Crippen molar-refractivity contribution in [3.8, 4) is 0 Å². The molecule has 1 amide bonds. The predicted octanol–water partition coefficient (Wildman–Crippen LogP) is 1.99. The van der Waals surface area contributed by atoms with E-state index in [2.05, 4.69) is 20.2 Å². The lowest BCUT2D eigenvalue weighted by molar-refractivity contribution is -0.142. The number of hydrogen-bond donors (Lipinski definition) is 1. The molecule has 0 radical (unpaired) electrons. The molecule has 1 aliphatic rings. The second-order valence-corrected chi connectivity index (χ2v) is 7.42. The summed E-state index contributed by atoms with van der Waals surface area (Å²) in [6.45, 7) is 9.36. The number of rotatable bonds is 6. The number of hydrogen-bond acceptors (Lipinski definition) is 6. The lowest BCUT2D eigenvalue weighted by Gasteiger charge is -2.35. The van der Waals surface area contributed by atoms with Crippen LogP contribution >= 0.6 is 0 Å². The van der Waals surface area contributed by atoms with Crippen molar-refractivity contribution >= 4 is 23.3 Å². The minimum Gasteiger partial charge on any atom is -0.468 e. The van der Waals surface area contributed by atoms with E-state index in [0.29, 0.717) is 6.54 Å². The zero-order valence-electron chi connectivity index (χ0n) is 17.5. The predicted molar refractivity (Wildman–Crippen MR) is 112 cm³/mol. The molecule has 8 heteroatoms. The lowest BCUT2D eigenvalue weighted by Crippen LogP contribution is -2.48. The fraction of sp³-hybridized carbons (Fsp3) is 0.476. The van der Waals surface area contributed by atoms with E-state index in [-0.39, 0.29) is 17.9 Å². The molecular formula is C21H29N5O3. The number of carbonyl (C=O) groups excluding carboxylic acids is 2. The van der Waals surface area contributed by atoms with E-state index in [9.17, 15) is 9.59 Å². The number of piperazine rings is 1. The highest BCUT2D eigenvalue weighted by atomic mass is 16.5. The third kappa shape index (κ3) is 5.14. The van der Waals surface area contributed by atoms with E-state index in [1.165, 1.54) is 7.11 Å². The minimum atomic E-state index is -0.383. The number of esters is 1. The summed E-state index contributed by atoms with van der Waals surface area (Å²) in [5.74, 6) is -0.298. The number of ether oxygens (including phenoxy) is 1. The first kappa shape index (κ1) is 20.9. The summed E-state index contributed by atoms with van der Waals surface area (Å²) in [6, 6.07) is 9.44. The van der Waals surface area contributed by atoms with Crippen LogP contribution in [0.25, 0.3) is 0 Å². The number of benzene rings is 1. The fourth-order valence-electron chi connectivity index (χ4n) is 3.56. The monoisotopic (exact) mass is 399 g/mol. The van der Waals surface area contributed by atoms with Crippen LogP contribution in [0.1, 0.15) is 24.4 Å². The van der Waals surface area contributed by atoms with Crippen LogP contribution in [0, 0.1) is 13.8 Å². The van der Waals surface area contributed by atoms with Gasteiger partial charge < -0.3 is 15.0 Å². The SMILES string of the molecule is COC(=O)CN1CCN(c2ccc(NC(=O)C(C)n3nc(C)cc3C)cc2)CC1. The Bertz CT molecular complexity index is 854. The van der Waals surface area contributed by atoms with Gasteiger partial charge in [0, 0.05) is 43.2 Å². The normalized spacial score (nSPS) is 15.8. The standard InChI is InChI=1S/C21H29N5O3/c1-15-13-16(2)26(23-15)17(3)21(28)22-18-5-7-19(8-6-18)25-11-9-24(10-12-25)14-20(27)29-4/h5-8,13,17H,9-12,14H2,1-4H3,(H,22,28). The van der Waals surface area contributed by atoms with Crippen LogP contribution in [0.2, 0.25) is 0 Å². The molecule has 1 saturated heterocycles. The largest absolute Gasteiger partial charge is 0.468 e. The molecule has 1 atom stereocenters. The Hall–Kier alpha value is -2.87. The van der Waals surface area contributed by atoms with Gasteiger partial charge >= 0.3 is 5.97 Å². The van der Waals surface area contributed by atoms with Gasteiger partial charge in [0.05, 0.1) is 19.3 Å². The van der Waals surface area contributed by atoms with Crippen molar-refractivity contribution in [1.29, 1.82) is 0 Å². The highest BCUT2D eigenvalue weighted by Gasteiger charge is 2.20. The van der Waals surface area contributed by atoms with Crippen LogP contribution in [0.5, 0.6) is 0 Å². The molecule has 0 saturated carbocycles. The molecule has 156 valence electrons. The molecule has 0 aliphatic carbocycles. The maximum atomic E-state index is 12.6. The molecule has 2 heterocycles. The average molecular weight is 399 g/mol. The van der Waals surface area contributed by atoms with Crippen LogP contribution in [0.3, 0.4) is 0 Å². The molecule has 1 aromatic heterocycles. The van der Waals surface area contributed by atoms with E-state index in [4.69, 9.17) is 4.74 Å². The fourth-order valence-corrected chi connectivity index (χ4v) is 3.56. The maximum Gasteiger partial charge on any atom is 0.319 e. The van der Waals surface area contributed by atoms with Gasteiger partial charge in [-0.2, -0.15) is 5.10 Å². The van der Waals surface area contributed by atoms with Crippen LogP contribution in [0.15, 0.2) is 30.3 Å². The molecule has 1 N–H and O–H groups in total. The van der Waals surface area contributed by atoms with Crippen molar-refractivity contribution < 1.29 is 14.3 Å². The van der Waals surface area contributed by atoms with Gasteiger partial charge in [0.25, 0.3) is 0 Å². The second-order valence-electron chi connectivity index (χ2n) is 7.42. The van der Waals surface area contributed by atoms with Crippen molar-refractivity contribution in [3.63, 3.8) is 0 Å². The molecule has 2 aromatic rings. The Labute approximate surface area is 171 Å². The van der Waals surface area contributed by atoms with E-state index in [1.54, 1.807) is 4.68 Å². The summed E-state index contributed by atoms with van der Waals surface area (Å²) in [5.41, 5.74) is 3.73. The highest BCUT2D eigenvalue weighted by molar-refractivity contribution is 5.93. The van der Waals surface area contributed by atoms with E-state index < -0.39 is 0 Å². The van der Waals surface area contributed by atoms with E-state index >= 15 is 0 Å². The molecule has 1 aromatic carbocycles. The highest BCUT2D eigenvalue weighted by Crippen LogP contribution is 2.21. The van der Waals surface area contributed by atoms with Gasteiger partial charge in [-0.3, -0.25) is 19.2 Å². The summed E-state index contributed by atoms with van der Waals surface area (Å²) in [5, 5.41) is 7.36. The Kier molecular flexibility index (Phi) is 6.53. The molecule has 0 bridgehead atoms. The van der Waals surface area contributed by atoms with Gasteiger partial charge in [-0.1, -0.05) is 0 Å². The van der Waals surface area contributed by atoms with Gasteiger partial charge in [0.2, 0.25) is 5.91 Å². The number of aromatic nitrogens is 2. The first-order valence-corrected chi connectivity index (χ1v) is 9.85. The molecule has 1 unspecified atom stereocenters. The summed E-state index contributed by atoms with van der Waals surface area (Å²) in [4.78, 5) is 28.4. The third-order valence-corrected chi connectivity index (χ3v) is 5.24. The summed E-state index contributed by atoms with van der Waals surface area (Å²) in [6.07, 6.45) is 0. The number of nitrogens with zero attached hydrogens (tertiary/aromatic N) is 4. The average Bonchev–Trinajstić information content (AvgIpc) is 3.06. The Morgan fingerprint density at radius 1 is 1.14 bits per heavy atom. The molecular weight excluding hydrogens is 370 g/mol. The first-order valence-electron chi connectivity index (χ1n) is 9.85. The second kappa shape index (κ2) is 9.09. The van der Waals surface area contributed by atoms with Gasteiger partial charge in [-0.25, -0.2) is 0 Å². The minimum absolute atomic E-state index is 0.0969. The van der Waals surface area contributed by atoms with Gasteiger partial charge in [0.15, 0.2) is 0 Å². The summed E-state index contributed by atoms with van der Waals surface area (Å²) in [7, 11) is 1.41. The third-order valence-electron chi connectivity index (χ3n) is 5.24.